The molecule has 1 aromatic rings. The molecular formula is C14H25ClN4OS. The zero-order valence-corrected chi connectivity index (χ0v) is 14.4. The fraction of sp³-hybridized carbons (Fsp3) is 0.714. The molecule has 0 bridgehead atoms. The molecule has 0 saturated carbocycles. The van der Waals surface area contributed by atoms with Gasteiger partial charge in [-0.3, -0.25) is 9.69 Å². The van der Waals surface area contributed by atoms with E-state index in [1.807, 2.05) is 6.92 Å². The summed E-state index contributed by atoms with van der Waals surface area (Å²) in [5.74, 6) is 0.252. The molecule has 1 amide bonds. The van der Waals surface area contributed by atoms with Crippen LogP contribution in [0.25, 0.3) is 0 Å². The number of nitrogens with one attached hydrogen (secondary N) is 1. The lowest BCUT2D eigenvalue weighted by atomic mass is 9.97. The highest BCUT2D eigenvalue weighted by Gasteiger charge is 2.26. The number of aryl methyl sites for hydroxylation is 2. The second-order valence-corrected chi connectivity index (χ2v) is 6.68. The first-order valence-electron chi connectivity index (χ1n) is 7.23. The van der Waals surface area contributed by atoms with Gasteiger partial charge in [-0.15, -0.1) is 23.7 Å². The van der Waals surface area contributed by atoms with Crippen LogP contribution < -0.4 is 11.1 Å². The summed E-state index contributed by atoms with van der Waals surface area (Å²) in [6, 6.07) is 0. The topological polar surface area (TPSA) is 71.2 Å². The molecule has 1 aromatic heterocycles. The number of hydrogen-bond acceptors (Lipinski definition) is 5. The predicted molar refractivity (Wildman–Crippen MR) is 88.9 cm³/mol. The zero-order chi connectivity index (χ0) is 14.5. The van der Waals surface area contributed by atoms with Crippen LogP contribution in [-0.2, 0) is 11.3 Å². The van der Waals surface area contributed by atoms with E-state index in [2.05, 4.69) is 22.1 Å². The molecule has 7 heteroatoms. The van der Waals surface area contributed by atoms with Crippen molar-refractivity contribution in [3.05, 3.63) is 15.6 Å². The Hall–Kier alpha value is -0.690. The van der Waals surface area contributed by atoms with Crippen LogP contribution >= 0.6 is 23.7 Å². The lowest BCUT2D eigenvalue weighted by Gasteiger charge is -2.31. The quantitative estimate of drug-likeness (QED) is 0.856. The normalized spacial score (nSPS) is 19.1. The molecule has 5 nitrogen and oxygen atoms in total. The smallest absolute Gasteiger partial charge is 0.224 e. The second-order valence-electron chi connectivity index (χ2n) is 5.40. The van der Waals surface area contributed by atoms with Crippen molar-refractivity contribution < 1.29 is 4.79 Å². The molecule has 120 valence electrons. The van der Waals surface area contributed by atoms with Crippen LogP contribution in [0.3, 0.4) is 0 Å². The Bertz CT molecular complexity index is 466. The average molecular weight is 333 g/mol. The molecule has 1 saturated heterocycles. The van der Waals surface area contributed by atoms with E-state index in [0.29, 0.717) is 13.1 Å². The van der Waals surface area contributed by atoms with Crippen molar-refractivity contribution in [2.75, 3.05) is 26.2 Å². The number of carbonyl (C=O) groups is 1. The molecule has 0 spiro atoms. The zero-order valence-electron chi connectivity index (χ0n) is 12.7. The number of carbonyl (C=O) groups excluding carboxylic acids is 1. The monoisotopic (exact) mass is 332 g/mol. The Morgan fingerprint density at radius 1 is 1.52 bits per heavy atom. The van der Waals surface area contributed by atoms with Crippen molar-refractivity contribution in [1.82, 2.24) is 15.2 Å². The number of hydrogen-bond donors (Lipinski definition) is 2. The highest BCUT2D eigenvalue weighted by molar-refractivity contribution is 7.11. The lowest BCUT2D eigenvalue weighted by Crippen LogP contribution is -2.43. The fourth-order valence-corrected chi connectivity index (χ4v) is 3.66. The largest absolute Gasteiger partial charge is 0.355 e. The molecule has 2 rings (SSSR count). The van der Waals surface area contributed by atoms with Crippen molar-refractivity contribution in [3.8, 4) is 0 Å². The first-order chi connectivity index (χ1) is 9.60. The van der Waals surface area contributed by atoms with Crippen molar-refractivity contribution in [3.63, 3.8) is 0 Å². The van der Waals surface area contributed by atoms with Gasteiger partial charge in [-0.2, -0.15) is 0 Å². The third kappa shape index (κ3) is 5.21. The number of halogens is 1. The van der Waals surface area contributed by atoms with Crippen LogP contribution in [0.4, 0.5) is 0 Å². The molecule has 1 aliphatic heterocycles. The van der Waals surface area contributed by atoms with E-state index in [1.54, 1.807) is 11.3 Å². The number of thiazole rings is 1. The van der Waals surface area contributed by atoms with Gasteiger partial charge in [0.2, 0.25) is 5.91 Å². The minimum Gasteiger partial charge on any atom is -0.355 e. The van der Waals surface area contributed by atoms with Crippen LogP contribution in [0.5, 0.6) is 0 Å². The number of likely N-dealkylation sites (tertiary alicyclic amines) is 1. The van der Waals surface area contributed by atoms with E-state index in [4.69, 9.17) is 5.73 Å². The van der Waals surface area contributed by atoms with Crippen molar-refractivity contribution in [1.29, 1.82) is 0 Å². The molecule has 1 aliphatic rings. The number of nitrogens with zero attached hydrogens (tertiary/aromatic N) is 2. The van der Waals surface area contributed by atoms with Gasteiger partial charge < -0.3 is 11.1 Å². The third-order valence-corrected chi connectivity index (χ3v) is 4.74. The highest BCUT2D eigenvalue weighted by Crippen LogP contribution is 2.23. The Labute approximate surface area is 136 Å². The van der Waals surface area contributed by atoms with Gasteiger partial charge in [-0.05, 0) is 33.2 Å². The van der Waals surface area contributed by atoms with E-state index < -0.39 is 0 Å². The van der Waals surface area contributed by atoms with Gasteiger partial charge >= 0.3 is 0 Å². The van der Waals surface area contributed by atoms with Crippen LogP contribution in [-0.4, -0.2) is 42.0 Å². The summed E-state index contributed by atoms with van der Waals surface area (Å²) in [7, 11) is 0. The van der Waals surface area contributed by atoms with Gasteiger partial charge in [0.05, 0.1) is 16.6 Å². The second kappa shape index (κ2) is 8.68. The Balaban J connectivity index is 0.00000220. The number of amides is 1. The summed E-state index contributed by atoms with van der Waals surface area (Å²) in [6.07, 6.45) is 2.06. The van der Waals surface area contributed by atoms with Crippen LogP contribution in [0, 0.1) is 19.8 Å². The van der Waals surface area contributed by atoms with Crippen LogP contribution in [0.1, 0.15) is 28.4 Å². The maximum Gasteiger partial charge on any atom is 0.224 e. The summed E-state index contributed by atoms with van der Waals surface area (Å²) in [5.41, 5.74) is 6.55. The van der Waals surface area contributed by atoms with E-state index in [1.165, 1.54) is 4.88 Å². The molecule has 1 unspecified atom stereocenters. The Morgan fingerprint density at radius 3 is 2.90 bits per heavy atom. The highest BCUT2D eigenvalue weighted by atomic mass is 35.5. The molecular weight excluding hydrogens is 308 g/mol. The number of piperidine rings is 1. The van der Waals surface area contributed by atoms with Gasteiger partial charge in [0.25, 0.3) is 0 Å². The maximum absolute atomic E-state index is 12.0. The SMILES string of the molecule is Cc1nc(C)c(CN2CCCC(C(=O)NCCN)C2)s1.Cl. The summed E-state index contributed by atoms with van der Waals surface area (Å²) in [5, 5.41) is 4.02. The lowest BCUT2D eigenvalue weighted by molar-refractivity contribution is -0.126. The van der Waals surface area contributed by atoms with Gasteiger partial charge in [0.1, 0.15) is 0 Å². The first-order valence-corrected chi connectivity index (χ1v) is 8.05. The number of aromatic nitrogens is 1. The van der Waals surface area contributed by atoms with Crippen molar-refractivity contribution in [2.24, 2.45) is 11.7 Å². The van der Waals surface area contributed by atoms with Crippen LogP contribution in [0.2, 0.25) is 0 Å². The van der Waals surface area contributed by atoms with E-state index in [0.717, 1.165) is 43.2 Å². The molecule has 0 radical (unpaired) electrons. The van der Waals surface area contributed by atoms with E-state index >= 15 is 0 Å². The average Bonchev–Trinajstić information content (AvgIpc) is 2.74. The van der Waals surface area contributed by atoms with Crippen molar-refractivity contribution in [2.45, 2.75) is 33.2 Å². The minimum absolute atomic E-state index is 0. The molecule has 0 aliphatic carbocycles. The van der Waals surface area contributed by atoms with E-state index in [-0.39, 0.29) is 24.2 Å². The molecule has 3 N–H and O–H groups in total. The molecule has 1 atom stereocenters. The minimum atomic E-state index is 0. The molecule has 2 heterocycles. The number of rotatable bonds is 5. The molecule has 1 fully saturated rings. The Kier molecular flexibility index (Phi) is 7.59. The van der Waals surface area contributed by atoms with Crippen molar-refractivity contribution >= 4 is 29.7 Å². The van der Waals surface area contributed by atoms with Gasteiger partial charge in [-0.25, -0.2) is 4.98 Å². The predicted octanol–water partition coefficient (Wildman–Crippen LogP) is 1.47. The van der Waals surface area contributed by atoms with Gasteiger partial charge in [-0.1, -0.05) is 0 Å². The summed E-state index contributed by atoms with van der Waals surface area (Å²) >= 11 is 1.76. The number of nitrogens with two attached hydrogens (primary N) is 1. The van der Waals surface area contributed by atoms with Crippen LogP contribution in [0.15, 0.2) is 0 Å². The first kappa shape index (κ1) is 18.4. The van der Waals surface area contributed by atoms with Gasteiger partial charge in [0.15, 0.2) is 0 Å². The Morgan fingerprint density at radius 2 is 2.29 bits per heavy atom. The maximum atomic E-state index is 12.0. The fourth-order valence-electron chi connectivity index (χ4n) is 2.68. The van der Waals surface area contributed by atoms with Gasteiger partial charge in [0, 0.05) is 31.1 Å². The van der Waals surface area contributed by atoms with E-state index in [9.17, 15) is 4.79 Å². The standard InChI is InChI=1S/C14H24N4OS.ClH/c1-10-13(20-11(2)17-10)9-18-7-3-4-12(8-18)14(19)16-6-5-15;/h12H,3-9,15H2,1-2H3,(H,16,19);1H. The third-order valence-electron chi connectivity index (χ3n) is 3.69. The summed E-state index contributed by atoms with van der Waals surface area (Å²) in [4.78, 5) is 20.2. The molecule has 21 heavy (non-hydrogen) atoms. The summed E-state index contributed by atoms with van der Waals surface area (Å²) in [6.45, 7) is 8.00. The summed E-state index contributed by atoms with van der Waals surface area (Å²) < 4.78 is 0. The molecule has 0 aromatic carbocycles.